The number of nitrogens with two attached hydrogens (primary N) is 1. The number of rotatable bonds is 6. The van der Waals surface area contributed by atoms with E-state index in [0.29, 0.717) is 5.95 Å². The van der Waals surface area contributed by atoms with E-state index in [2.05, 4.69) is 20.3 Å². The van der Waals surface area contributed by atoms with E-state index in [-0.39, 0.29) is 18.4 Å². The summed E-state index contributed by atoms with van der Waals surface area (Å²) >= 11 is 0. The van der Waals surface area contributed by atoms with Crippen LogP contribution in [0.2, 0.25) is 0 Å². The molecule has 0 aliphatic carbocycles. The number of ether oxygens (including phenoxy) is 1. The predicted octanol–water partition coefficient (Wildman–Crippen LogP) is 3.26. The molecule has 1 heterocycles. The molecule has 27 heavy (non-hydrogen) atoms. The van der Waals surface area contributed by atoms with Crippen molar-refractivity contribution < 1.29 is 9.53 Å². The summed E-state index contributed by atoms with van der Waals surface area (Å²) in [6.45, 7) is 1.86. The third-order valence-electron chi connectivity index (χ3n) is 3.65. The van der Waals surface area contributed by atoms with Gasteiger partial charge in [0.2, 0.25) is 11.9 Å². The fourth-order valence-corrected chi connectivity index (χ4v) is 2.30. The average Bonchev–Trinajstić information content (AvgIpc) is 2.67. The molecule has 0 saturated carbocycles. The van der Waals surface area contributed by atoms with Gasteiger partial charge < -0.3 is 15.8 Å². The van der Waals surface area contributed by atoms with Crippen molar-refractivity contribution in [1.82, 2.24) is 15.0 Å². The number of nitrogens with zero attached hydrogens (tertiary/aromatic N) is 3. The van der Waals surface area contributed by atoms with E-state index < -0.39 is 5.97 Å². The van der Waals surface area contributed by atoms with E-state index in [1.165, 1.54) is 6.08 Å². The number of hydrogen-bond donors (Lipinski definition) is 2. The molecule has 0 fully saturated rings. The van der Waals surface area contributed by atoms with Crippen molar-refractivity contribution >= 4 is 29.6 Å². The van der Waals surface area contributed by atoms with E-state index in [1.807, 2.05) is 61.5 Å². The maximum atomic E-state index is 11.9. The second-order valence-electron chi connectivity index (χ2n) is 5.73. The highest BCUT2D eigenvalue weighted by molar-refractivity contribution is 5.86. The quantitative estimate of drug-likeness (QED) is 0.513. The molecular formula is C20H19N5O2. The van der Waals surface area contributed by atoms with Crippen molar-refractivity contribution in [3.8, 4) is 0 Å². The van der Waals surface area contributed by atoms with Gasteiger partial charge in [0.05, 0.1) is 0 Å². The summed E-state index contributed by atoms with van der Waals surface area (Å²) in [5.74, 6) is 0.112. The van der Waals surface area contributed by atoms with Gasteiger partial charge in [-0.25, -0.2) is 4.79 Å². The highest BCUT2D eigenvalue weighted by Crippen LogP contribution is 2.17. The van der Waals surface area contributed by atoms with Gasteiger partial charge in [0.1, 0.15) is 0 Å². The van der Waals surface area contributed by atoms with Gasteiger partial charge in [-0.3, -0.25) is 0 Å². The van der Waals surface area contributed by atoms with E-state index >= 15 is 0 Å². The standard InChI is InChI=1S/C20H19N5O2/c1-14-7-5-6-10-16(14)22-20-24-17(23-19(21)25-20)13-27-18(26)12-11-15-8-3-2-4-9-15/h2-12H,13H2,1H3,(H3,21,22,23,24,25)/b12-11+. The molecule has 3 N–H and O–H groups in total. The van der Waals surface area contributed by atoms with Gasteiger partial charge in [0, 0.05) is 11.8 Å². The van der Waals surface area contributed by atoms with Crippen molar-refractivity contribution in [3.05, 3.63) is 77.6 Å². The van der Waals surface area contributed by atoms with Crippen LogP contribution in [-0.2, 0) is 16.1 Å². The molecule has 3 aromatic rings. The number of hydrogen-bond acceptors (Lipinski definition) is 7. The summed E-state index contributed by atoms with van der Waals surface area (Å²) in [4.78, 5) is 24.2. The minimum atomic E-state index is -0.494. The normalized spacial score (nSPS) is 10.7. The molecule has 3 rings (SSSR count). The lowest BCUT2D eigenvalue weighted by Gasteiger charge is -2.09. The molecule has 0 aliphatic heterocycles. The Morgan fingerprint density at radius 2 is 1.81 bits per heavy atom. The minimum Gasteiger partial charge on any atom is -0.454 e. The summed E-state index contributed by atoms with van der Waals surface area (Å²) in [7, 11) is 0. The Bertz CT molecular complexity index is 958. The Labute approximate surface area is 157 Å². The monoisotopic (exact) mass is 361 g/mol. The van der Waals surface area contributed by atoms with Gasteiger partial charge >= 0.3 is 5.97 Å². The lowest BCUT2D eigenvalue weighted by molar-refractivity contribution is -0.139. The zero-order valence-electron chi connectivity index (χ0n) is 14.8. The first-order valence-corrected chi connectivity index (χ1v) is 8.33. The molecule has 2 aromatic carbocycles. The van der Waals surface area contributed by atoms with E-state index in [4.69, 9.17) is 10.5 Å². The number of nitrogens with one attached hydrogen (secondary N) is 1. The summed E-state index contributed by atoms with van der Waals surface area (Å²) in [6, 6.07) is 17.2. The molecule has 1 aromatic heterocycles. The Morgan fingerprint density at radius 3 is 2.59 bits per heavy atom. The summed E-state index contributed by atoms with van der Waals surface area (Å²) in [5.41, 5.74) is 8.54. The highest BCUT2D eigenvalue weighted by atomic mass is 16.5. The first kappa shape index (κ1) is 18.1. The van der Waals surface area contributed by atoms with Gasteiger partial charge in [-0.1, -0.05) is 48.5 Å². The van der Waals surface area contributed by atoms with Crippen LogP contribution < -0.4 is 11.1 Å². The Kier molecular flexibility index (Phi) is 5.73. The van der Waals surface area contributed by atoms with E-state index in [9.17, 15) is 4.79 Å². The van der Waals surface area contributed by atoms with Crippen LogP contribution in [0.15, 0.2) is 60.7 Å². The molecule has 0 aliphatic rings. The predicted molar refractivity (Wildman–Crippen MR) is 104 cm³/mol. The van der Waals surface area contributed by atoms with Crippen LogP contribution in [0.4, 0.5) is 17.6 Å². The number of anilines is 3. The van der Waals surface area contributed by atoms with Crippen molar-refractivity contribution in [2.75, 3.05) is 11.1 Å². The van der Waals surface area contributed by atoms with Crippen molar-refractivity contribution in [2.24, 2.45) is 0 Å². The van der Waals surface area contributed by atoms with Crippen LogP contribution in [0.3, 0.4) is 0 Å². The Balaban J connectivity index is 1.63. The molecular weight excluding hydrogens is 342 g/mol. The number of aromatic nitrogens is 3. The SMILES string of the molecule is Cc1ccccc1Nc1nc(N)nc(COC(=O)/C=C/c2ccccc2)n1. The van der Waals surface area contributed by atoms with Crippen LogP contribution in [0.5, 0.6) is 0 Å². The largest absolute Gasteiger partial charge is 0.454 e. The number of carbonyl (C=O) groups excluding carboxylic acids is 1. The smallest absolute Gasteiger partial charge is 0.331 e. The lowest BCUT2D eigenvalue weighted by atomic mass is 10.2. The van der Waals surface area contributed by atoms with Gasteiger partial charge in [-0.05, 0) is 30.2 Å². The first-order chi connectivity index (χ1) is 13.1. The summed E-state index contributed by atoms with van der Waals surface area (Å²) in [5, 5.41) is 3.09. The zero-order valence-corrected chi connectivity index (χ0v) is 14.8. The Hall–Kier alpha value is -3.74. The van der Waals surface area contributed by atoms with Crippen LogP contribution in [-0.4, -0.2) is 20.9 Å². The van der Waals surface area contributed by atoms with Crippen LogP contribution in [0, 0.1) is 6.92 Å². The van der Waals surface area contributed by atoms with Crippen LogP contribution in [0.25, 0.3) is 6.08 Å². The van der Waals surface area contributed by atoms with Gasteiger partial charge in [-0.15, -0.1) is 0 Å². The molecule has 0 bridgehead atoms. The number of esters is 1. The lowest BCUT2D eigenvalue weighted by Crippen LogP contribution is -2.10. The molecule has 7 heteroatoms. The van der Waals surface area contributed by atoms with Gasteiger partial charge in [0.25, 0.3) is 0 Å². The van der Waals surface area contributed by atoms with Crippen LogP contribution in [0.1, 0.15) is 17.0 Å². The third kappa shape index (κ3) is 5.37. The topological polar surface area (TPSA) is 103 Å². The average molecular weight is 361 g/mol. The van der Waals surface area contributed by atoms with Gasteiger partial charge in [-0.2, -0.15) is 15.0 Å². The number of benzene rings is 2. The second kappa shape index (κ2) is 8.57. The van der Waals surface area contributed by atoms with E-state index in [1.54, 1.807) is 6.08 Å². The molecule has 0 spiro atoms. The van der Waals surface area contributed by atoms with E-state index in [0.717, 1.165) is 16.8 Å². The highest BCUT2D eigenvalue weighted by Gasteiger charge is 2.08. The number of carbonyl (C=O) groups is 1. The molecule has 0 atom stereocenters. The molecule has 0 amide bonds. The first-order valence-electron chi connectivity index (χ1n) is 8.33. The minimum absolute atomic E-state index is 0.0481. The molecule has 0 unspecified atom stereocenters. The third-order valence-corrected chi connectivity index (χ3v) is 3.65. The van der Waals surface area contributed by atoms with Crippen molar-refractivity contribution in [2.45, 2.75) is 13.5 Å². The Morgan fingerprint density at radius 1 is 1.07 bits per heavy atom. The summed E-state index contributed by atoms with van der Waals surface area (Å²) in [6.07, 6.45) is 3.03. The number of nitrogen functional groups attached to an aromatic ring is 1. The fraction of sp³-hybridized carbons (Fsp3) is 0.100. The van der Waals surface area contributed by atoms with Crippen molar-refractivity contribution in [3.63, 3.8) is 0 Å². The fourth-order valence-electron chi connectivity index (χ4n) is 2.30. The number of para-hydroxylation sites is 1. The zero-order chi connectivity index (χ0) is 19.1. The number of aryl methyl sites for hydroxylation is 1. The molecule has 7 nitrogen and oxygen atoms in total. The second-order valence-corrected chi connectivity index (χ2v) is 5.73. The van der Waals surface area contributed by atoms with Crippen molar-refractivity contribution in [1.29, 1.82) is 0 Å². The maximum Gasteiger partial charge on any atom is 0.331 e. The molecule has 0 saturated heterocycles. The van der Waals surface area contributed by atoms with Gasteiger partial charge in [0.15, 0.2) is 12.4 Å². The van der Waals surface area contributed by atoms with Crippen LogP contribution >= 0.6 is 0 Å². The molecule has 0 radical (unpaired) electrons. The summed E-state index contributed by atoms with van der Waals surface area (Å²) < 4.78 is 5.17. The maximum absolute atomic E-state index is 11.9. The molecule has 136 valence electrons.